The normalized spacial score (nSPS) is 14.8. The van der Waals surface area contributed by atoms with Crippen LogP contribution in [0.15, 0.2) is 48.5 Å². The molecule has 3 N–H and O–H groups in total. The zero-order chi connectivity index (χ0) is 21.5. The number of nitrogens with two attached hydrogens (primary N) is 1. The van der Waals surface area contributed by atoms with E-state index in [2.05, 4.69) is 34.5 Å². The van der Waals surface area contributed by atoms with E-state index >= 15 is 0 Å². The van der Waals surface area contributed by atoms with Crippen LogP contribution >= 0.6 is 11.6 Å². The number of nitrogens with zero attached hydrogens (tertiary/aromatic N) is 2. The predicted octanol–water partition coefficient (Wildman–Crippen LogP) is 4.09. The molecule has 0 unspecified atom stereocenters. The molecule has 0 aromatic heterocycles. The summed E-state index contributed by atoms with van der Waals surface area (Å²) >= 11 is 5.94. The molecular formula is C23H29ClN4O2. The van der Waals surface area contributed by atoms with Gasteiger partial charge in [-0.25, -0.2) is 4.79 Å². The van der Waals surface area contributed by atoms with Gasteiger partial charge in [-0.15, -0.1) is 0 Å². The third-order valence-electron chi connectivity index (χ3n) is 5.47. The van der Waals surface area contributed by atoms with E-state index in [4.69, 9.17) is 17.3 Å². The number of carbonyl (C=O) groups excluding carboxylic acids is 2. The maximum Gasteiger partial charge on any atom is 0.312 e. The SMILES string of the molecule is CN(Cc1ccc(N2CCCCC2)cc1)C(=O)C[C@@H](NC(N)=O)c1ccc(Cl)cc1. The molecule has 7 heteroatoms. The van der Waals surface area contributed by atoms with Crippen molar-refractivity contribution in [3.05, 3.63) is 64.7 Å². The Bertz CT molecular complexity index is 849. The summed E-state index contributed by atoms with van der Waals surface area (Å²) in [4.78, 5) is 28.3. The van der Waals surface area contributed by atoms with Gasteiger partial charge in [0.25, 0.3) is 0 Å². The lowest BCUT2D eigenvalue weighted by Crippen LogP contribution is -2.37. The second-order valence-corrected chi connectivity index (χ2v) is 8.22. The van der Waals surface area contributed by atoms with Gasteiger partial charge in [0.1, 0.15) is 0 Å². The van der Waals surface area contributed by atoms with Gasteiger partial charge in [0.05, 0.1) is 12.5 Å². The van der Waals surface area contributed by atoms with Gasteiger partial charge in [0.15, 0.2) is 0 Å². The molecule has 2 aromatic carbocycles. The van der Waals surface area contributed by atoms with Crippen LogP contribution in [0.3, 0.4) is 0 Å². The molecule has 0 radical (unpaired) electrons. The van der Waals surface area contributed by atoms with Crippen LogP contribution in [0, 0.1) is 0 Å². The summed E-state index contributed by atoms with van der Waals surface area (Å²) in [5.74, 6) is -0.0798. The number of amides is 3. The van der Waals surface area contributed by atoms with Crippen LogP contribution in [0.2, 0.25) is 5.02 Å². The van der Waals surface area contributed by atoms with E-state index in [9.17, 15) is 9.59 Å². The molecule has 1 aliphatic rings. The lowest BCUT2D eigenvalue weighted by molar-refractivity contribution is -0.130. The summed E-state index contributed by atoms with van der Waals surface area (Å²) in [7, 11) is 1.77. The predicted molar refractivity (Wildman–Crippen MR) is 121 cm³/mol. The van der Waals surface area contributed by atoms with Crippen molar-refractivity contribution in [2.75, 3.05) is 25.0 Å². The van der Waals surface area contributed by atoms with Gasteiger partial charge in [0.2, 0.25) is 5.91 Å². The summed E-state index contributed by atoms with van der Waals surface area (Å²) in [5, 5.41) is 3.24. The Morgan fingerprint density at radius 3 is 2.30 bits per heavy atom. The monoisotopic (exact) mass is 428 g/mol. The first-order valence-corrected chi connectivity index (χ1v) is 10.7. The summed E-state index contributed by atoms with van der Waals surface area (Å²) in [6.45, 7) is 2.72. The van der Waals surface area contributed by atoms with Crippen LogP contribution in [0.25, 0.3) is 0 Å². The number of benzene rings is 2. The van der Waals surface area contributed by atoms with Crippen LogP contribution in [0.4, 0.5) is 10.5 Å². The van der Waals surface area contributed by atoms with E-state index in [-0.39, 0.29) is 12.3 Å². The highest BCUT2D eigenvalue weighted by Gasteiger charge is 2.20. The second kappa shape index (κ2) is 10.3. The van der Waals surface area contributed by atoms with E-state index in [1.54, 1.807) is 36.2 Å². The molecule has 160 valence electrons. The van der Waals surface area contributed by atoms with Gasteiger partial charge in [-0.3, -0.25) is 4.79 Å². The summed E-state index contributed by atoms with van der Waals surface area (Å²) in [6.07, 6.45) is 3.91. The first-order chi connectivity index (χ1) is 14.4. The first kappa shape index (κ1) is 22.0. The van der Waals surface area contributed by atoms with Gasteiger partial charge in [-0.1, -0.05) is 35.9 Å². The zero-order valence-corrected chi connectivity index (χ0v) is 18.1. The number of primary amides is 1. The molecule has 3 rings (SSSR count). The van der Waals surface area contributed by atoms with Crippen molar-refractivity contribution in [3.8, 4) is 0 Å². The van der Waals surface area contributed by atoms with Crippen LogP contribution in [-0.4, -0.2) is 37.0 Å². The van der Waals surface area contributed by atoms with E-state index in [0.717, 1.165) is 24.2 Å². The molecule has 6 nitrogen and oxygen atoms in total. The minimum absolute atomic E-state index is 0.0798. The number of carbonyl (C=O) groups is 2. The van der Waals surface area contributed by atoms with Crippen molar-refractivity contribution >= 4 is 29.2 Å². The van der Waals surface area contributed by atoms with E-state index in [0.29, 0.717) is 11.6 Å². The third-order valence-corrected chi connectivity index (χ3v) is 5.72. The summed E-state index contributed by atoms with van der Waals surface area (Å²) in [6, 6.07) is 14.3. The number of piperidine rings is 1. The lowest BCUT2D eigenvalue weighted by Gasteiger charge is -2.29. The lowest BCUT2D eigenvalue weighted by atomic mass is 10.0. The first-order valence-electron chi connectivity index (χ1n) is 10.3. The molecule has 1 saturated heterocycles. The fourth-order valence-electron chi connectivity index (χ4n) is 3.78. The van der Waals surface area contributed by atoms with Crippen molar-refractivity contribution in [2.45, 2.75) is 38.3 Å². The standard InChI is InChI=1S/C23H29ClN4O2/c1-27(16-17-5-11-20(12-6-17)28-13-3-2-4-14-28)22(29)15-21(26-23(25)30)18-7-9-19(24)10-8-18/h5-12,21H,2-4,13-16H2,1H3,(H3,25,26,30)/t21-/m1/s1. The molecule has 30 heavy (non-hydrogen) atoms. The minimum atomic E-state index is -0.668. The quantitative estimate of drug-likeness (QED) is 0.697. The topological polar surface area (TPSA) is 78.7 Å². The molecule has 0 bridgehead atoms. The number of halogens is 1. The highest BCUT2D eigenvalue weighted by atomic mass is 35.5. The van der Waals surface area contributed by atoms with E-state index < -0.39 is 12.1 Å². The Kier molecular flexibility index (Phi) is 7.57. The zero-order valence-electron chi connectivity index (χ0n) is 17.3. The van der Waals surface area contributed by atoms with E-state index in [1.165, 1.54) is 24.9 Å². The molecule has 0 saturated carbocycles. The Hall–Kier alpha value is -2.73. The number of nitrogens with one attached hydrogen (secondary N) is 1. The second-order valence-electron chi connectivity index (χ2n) is 7.78. The Labute approximate surface area is 183 Å². The van der Waals surface area contributed by atoms with Crippen LogP contribution in [0.1, 0.15) is 42.9 Å². The third kappa shape index (κ3) is 6.13. The van der Waals surface area contributed by atoms with Crippen molar-refractivity contribution < 1.29 is 9.59 Å². The number of anilines is 1. The molecule has 3 amide bonds. The molecule has 1 heterocycles. The number of rotatable bonds is 7. The number of hydrogen-bond donors (Lipinski definition) is 2. The van der Waals surface area contributed by atoms with Crippen LogP contribution in [-0.2, 0) is 11.3 Å². The molecule has 1 aliphatic heterocycles. The fourth-order valence-corrected chi connectivity index (χ4v) is 3.90. The number of hydrogen-bond acceptors (Lipinski definition) is 3. The van der Waals surface area contributed by atoms with Crippen molar-refractivity contribution in [1.29, 1.82) is 0 Å². The molecule has 0 spiro atoms. The highest BCUT2D eigenvalue weighted by molar-refractivity contribution is 6.30. The summed E-state index contributed by atoms with van der Waals surface area (Å²) in [5.41, 5.74) is 8.39. The molecule has 1 fully saturated rings. The smallest absolute Gasteiger partial charge is 0.312 e. The van der Waals surface area contributed by atoms with Crippen LogP contribution in [0.5, 0.6) is 0 Å². The van der Waals surface area contributed by atoms with Gasteiger partial charge in [0, 0.05) is 37.4 Å². The molecule has 1 atom stereocenters. The van der Waals surface area contributed by atoms with Crippen molar-refractivity contribution in [2.24, 2.45) is 5.73 Å². The molecule has 0 aliphatic carbocycles. The minimum Gasteiger partial charge on any atom is -0.372 e. The maximum atomic E-state index is 12.8. The Morgan fingerprint density at radius 1 is 1.07 bits per heavy atom. The van der Waals surface area contributed by atoms with Gasteiger partial charge in [-0.05, 0) is 54.7 Å². The van der Waals surface area contributed by atoms with Crippen LogP contribution < -0.4 is 16.0 Å². The Balaban J connectivity index is 1.60. The highest BCUT2D eigenvalue weighted by Crippen LogP contribution is 2.22. The molecule has 2 aromatic rings. The fraction of sp³-hybridized carbons (Fsp3) is 0.391. The Morgan fingerprint density at radius 2 is 1.70 bits per heavy atom. The van der Waals surface area contributed by atoms with Gasteiger partial charge in [-0.2, -0.15) is 0 Å². The summed E-state index contributed by atoms with van der Waals surface area (Å²) < 4.78 is 0. The number of urea groups is 1. The van der Waals surface area contributed by atoms with Gasteiger partial charge >= 0.3 is 6.03 Å². The average Bonchev–Trinajstić information content (AvgIpc) is 2.74. The molecular weight excluding hydrogens is 400 g/mol. The van der Waals surface area contributed by atoms with Crippen molar-refractivity contribution in [1.82, 2.24) is 10.2 Å². The average molecular weight is 429 g/mol. The largest absolute Gasteiger partial charge is 0.372 e. The van der Waals surface area contributed by atoms with Crippen molar-refractivity contribution in [3.63, 3.8) is 0 Å². The maximum absolute atomic E-state index is 12.8. The van der Waals surface area contributed by atoms with E-state index in [1.807, 2.05) is 0 Å². The van der Waals surface area contributed by atoms with Gasteiger partial charge < -0.3 is 20.9 Å².